The van der Waals surface area contributed by atoms with Gasteiger partial charge in [0.2, 0.25) is 0 Å². The van der Waals surface area contributed by atoms with Crippen molar-refractivity contribution in [1.82, 2.24) is 9.97 Å². The zero-order valence-corrected chi connectivity index (χ0v) is 30.5. The number of fused-ring (bicyclic) bond motifs is 13. The predicted molar refractivity (Wildman–Crippen MR) is 227 cm³/mol. The van der Waals surface area contributed by atoms with Crippen LogP contribution in [0.1, 0.15) is 16.7 Å². The maximum absolute atomic E-state index is 6.79. The van der Waals surface area contributed by atoms with E-state index in [0.29, 0.717) is 0 Å². The summed E-state index contributed by atoms with van der Waals surface area (Å²) in [5, 5.41) is 3.66. The van der Waals surface area contributed by atoms with Crippen LogP contribution >= 0.6 is 11.3 Å². The largest absolute Gasteiger partial charge is 0.485 e. The molecule has 1 aliphatic heterocycles. The normalized spacial score (nSPS) is 19.0. The minimum Gasteiger partial charge on any atom is -0.485 e. The Hall–Kier alpha value is -6.62. The van der Waals surface area contributed by atoms with Gasteiger partial charge < -0.3 is 4.74 Å². The number of hydrogen-bond donors (Lipinski definition) is 0. The lowest BCUT2D eigenvalue weighted by atomic mass is 9.60. The highest BCUT2D eigenvalue weighted by atomic mass is 32.1. The maximum atomic E-state index is 6.79. The highest BCUT2D eigenvalue weighted by Gasteiger charge is 2.56. The zero-order valence-electron chi connectivity index (χ0n) is 29.7. The molecule has 3 nitrogen and oxygen atoms in total. The van der Waals surface area contributed by atoms with Crippen LogP contribution < -0.4 is 4.74 Å². The molecule has 7 aromatic carbocycles. The van der Waals surface area contributed by atoms with E-state index in [9.17, 15) is 0 Å². The monoisotopic (exact) mass is 720 g/mol. The average Bonchev–Trinajstić information content (AvgIpc) is 3.76. The van der Waals surface area contributed by atoms with Gasteiger partial charge in [-0.25, -0.2) is 9.97 Å². The second kappa shape index (κ2) is 11.7. The van der Waals surface area contributed by atoms with Gasteiger partial charge in [-0.2, -0.15) is 0 Å². The molecule has 0 saturated carbocycles. The molecule has 2 aliphatic carbocycles. The second-order valence-electron chi connectivity index (χ2n) is 14.8. The third kappa shape index (κ3) is 4.37. The molecular weight excluding hydrogens is 689 g/mol. The lowest BCUT2D eigenvalue weighted by Crippen LogP contribution is -2.47. The van der Waals surface area contributed by atoms with Gasteiger partial charge in [0.05, 0.1) is 21.3 Å². The Morgan fingerprint density at radius 2 is 1.25 bits per heavy atom. The summed E-state index contributed by atoms with van der Waals surface area (Å²) in [6.07, 6.45) is 8.84. The van der Waals surface area contributed by atoms with Gasteiger partial charge in [0.25, 0.3) is 0 Å². The summed E-state index contributed by atoms with van der Waals surface area (Å²) in [6, 6.07) is 57.2. The van der Waals surface area contributed by atoms with Gasteiger partial charge >= 0.3 is 0 Å². The van der Waals surface area contributed by atoms with Crippen molar-refractivity contribution in [2.24, 2.45) is 5.92 Å². The van der Waals surface area contributed by atoms with Crippen LogP contribution in [0.25, 0.3) is 76.0 Å². The van der Waals surface area contributed by atoms with E-state index in [0.717, 1.165) is 55.1 Å². The summed E-state index contributed by atoms with van der Waals surface area (Å²) in [5.41, 5.74) is 12.3. The number of nitrogens with zero attached hydrogens (tertiary/aromatic N) is 2. The van der Waals surface area contributed by atoms with E-state index in [1.807, 2.05) is 6.07 Å². The van der Waals surface area contributed by atoms with Gasteiger partial charge in [-0.15, -0.1) is 11.3 Å². The van der Waals surface area contributed by atoms with Crippen molar-refractivity contribution in [2.75, 3.05) is 0 Å². The molecule has 12 rings (SSSR count). The van der Waals surface area contributed by atoms with Crippen LogP contribution in [0, 0.1) is 5.92 Å². The average molecular weight is 721 g/mol. The number of allylic oxidation sites excluding steroid dienone is 2. The Bertz CT molecular complexity index is 3100. The number of para-hydroxylation sites is 1. The Balaban J connectivity index is 1.14. The standard InChI is InChI=1S/C51H32N2OS/c1-2-14-31(15-3-1)50-52-47(49-48(53-50)38-20-8-13-25-46(38)55-49)37-19-7-6-18-35(37)34-26-27-36-39-28-32-16-4-5-17-33(32)29-43(39)51(42(36)30-34)40-21-9-11-23-44(40)54-45-24-12-10-22-41(45)51/h1-30,40,44H. The van der Waals surface area contributed by atoms with Crippen molar-refractivity contribution in [3.05, 3.63) is 199 Å². The fourth-order valence-electron chi connectivity index (χ4n) is 9.60. The molecule has 3 aliphatic rings. The van der Waals surface area contributed by atoms with E-state index in [2.05, 4.69) is 176 Å². The van der Waals surface area contributed by atoms with Gasteiger partial charge in [-0.3, -0.25) is 0 Å². The van der Waals surface area contributed by atoms with Gasteiger partial charge in [0.15, 0.2) is 5.82 Å². The molecule has 1 spiro atoms. The van der Waals surface area contributed by atoms with E-state index < -0.39 is 5.41 Å². The first kappa shape index (κ1) is 30.8. The third-order valence-electron chi connectivity index (χ3n) is 11.9. The fraction of sp³-hybridized carbons (Fsp3) is 0.0588. The van der Waals surface area contributed by atoms with Gasteiger partial charge in [-0.1, -0.05) is 146 Å². The van der Waals surface area contributed by atoms with Crippen LogP contribution in [-0.4, -0.2) is 16.1 Å². The lowest BCUT2D eigenvalue weighted by molar-refractivity contribution is 0.141. The summed E-state index contributed by atoms with van der Waals surface area (Å²) >= 11 is 1.77. The Kier molecular flexibility index (Phi) is 6.55. The Labute approximate surface area is 322 Å². The molecule has 55 heavy (non-hydrogen) atoms. The van der Waals surface area contributed by atoms with Gasteiger partial charge in [0, 0.05) is 32.7 Å². The third-order valence-corrected chi connectivity index (χ3v) is 13.1. The van der Waals surface area contributed by atoms with E-state index in [-0.39, 0.29) is 12.0 Å². The SMILES string of the molecule is C1=CC2Oc3ccccc3C3(c4cc(-c5ccccc5-c5nc(-c6ccccc6)nc6c5sc5ccccc56)ccc4-c4cc5ccccc5cc43)C2C=C1. The van der Waals surface area contributed by atoms with Crippen molar-refractivity contribution in [3.8, 4) is 50.6 Å². The van der Waals surface area contributed by atoms with Crippen molar-refractivity contribution >= 4 is 42.4 Å². The number of benzene rings is 7. The smallest absolute Gasteiger partial charge is 0.160 e. The van der Waals surface area contributed by atoms with Crippen molar-refractivity contribution in [2.45, 2.75) is 11.5 Å². The van der Waals surface area contributed by atoms with Crippen LogP contribution in [0.2, 0.25) is 0 Å². The van der Waals surface area contributed by atoms with Crippen LogP contribution in [-0.2, 0) is 5.41 Å². The predicted octanol–water partition coefficient (Wildman–Crippen LogP) is 12.8. The number of hydrogen-bond acceptors (Lipinski definition) is 4. The van der Waals surface area contributed by atoms with Crippen molar-refractivity contribution in [1.29, 1.82) is 0 Å². The molecule has 4 heteroatoms. The van der Waals surface area contributed by atoms with E-state index in [4.69, 9.17) is 14.7 Å². The van der Waals surface area contributed by atoms with Crippen molar-refractivity contribution in [3.63, 3.8) is 0 Å². The fourth-order valence-corrected chi connectivity index (χ4v) is 10.7. The summed E-state index contributed by atoms with van der Waals surface area (Å²) in [4.78, 5) is 10.6. The summed E-state index contributed by atoms with van der Waals surface area (Å²) in [6.45, 7) is 0. The molecule has 0 N–H and O–H groups in total. The van der Waals surface area contributed by atoms with Crippen LogP contribution in [0.5, 0.6) is 5.75 Å². The molecule has 0 bridgehead atoms. The van der Waals surface area contributed by atoms with Gasteiger partial charge in [-0.05, 0) is 80.6 Å². The molecule has 3 atom stereocenters. The van der Waals surface area contributed by atoms with E-state index >= 15 is 0 Å². The lowest BCUT2D eigenvalue weighted by Gasteiger charge is -2.47. The number of thiophene rings is 1. The van der Waals surface area contributed by atoms with Crippen molar-refractivity contribution < 1.29 is 4.74 Å². The molecule has 0 amide bonds. The quantitative estimate of drug-likeness (QED) is 0.182. The van der Waals surface area contributed by atoms with Gasteiger partial charge in [0.1, 0.15) is 11.9 Å². The van der Waals surface area contributed by atoms with Crippen LogP contribution in [0.4, 0.5) is 0 Å². The number of ether oxygens (including phenoxy) is 1. The molecule has 3 unspecified atom stereocenters. The Morgan fingerprint density at radius 3 is 2.16 bits per heavy atom. The summed E-state index contributed by atoms with van der Waals surface area (Å²) < 4.78 is 9.11. The molecule has 3 heterocycles. The van der Waals surface area contributed by atoms with Crippen LogP contribution in [0.15, 0.2) is 182 Å². The van der Waals surface area contributed by atoms with Crippen LogP contribution in [0.3, 0.4) is 0 Å². The molecule has 2 aromatic heterocycles. The minimum atomic E-state index is -0.464. The zero-order chi connectivity index (χ0) is 36.1. The molecule has 0 radical (unpaired) electrons. The molecular formula is C51H32N2OS. The molecule has 258 valence electrons. The Morgan fingerprint density at radius 1 is 0.527 bits per heavy atom. The number of rotatable bonds is 3. The minimum absolute atomic E-state index is 0.0625. The maximum Gasteiger partial charge on any atom is 0.160 e. The molecule has 0 saturated heterocycles. The molecule has 9 aromatic rings. The molecule has 0 fully saturated rings. The number of aromatic nitrogens is 2. The first-order chi connectivity index (χ1) is 27.3. The summed E-state index contributed by atoms with van der Waals surface area (Å²) in [7, 11) is 0. The second-order valence-corrected chi connectivity index (χ2v) is 15.8. The summed E-state index contributed by atoms with van der Waals surface area (Å²) in [5.74, 6) is 1.74. The first-order valence-corrected chi connectivity index (χ1v) is 19.7. The highest BCUT2D eigenvalue weighted by Crippen LogP contribution is 2.63. The van der Waals surface area contributed by atoms with E-state index in [1.54, 1.807) is 11.3 Å². The topological polar surface area (TPSA) is 35.0 Å². The first-order valence-electron chi connectivity index (χ1n) is 18.9. The van der Waals surface area contributed by atoms with E-state index in [1.165, 1.54) is 43.3 Å². The highest BCUT2D eigenvalue weighted by molar-refractivity contribution is 7.26.